The highest BCUT2D eigenvalue weighted by molar-refractivity contribution is 5.48. The number of hydrogen-bond donors (Lipinski definition) is 1. The van der Waals surface area contributed by atoms with Gasteiger partial charge in [-0.2, -0.15) is 0 Å². The lowest BCUT2D eigenvalue weighted by molar-refractivity contribution is -0.389. The number of nitrogens with one attached hydrogen (secondary N) is 1. The first-order chi connectivity index (χ1) is 8.24. The minimum Gasteiger partial charge on any atom is -0.368 e. The Hall–Kier alpha value is -1.69. The van der Waals surface area contributed by atoms with E-state index in [9.17, 15) is 10.1 Å². The maximum atomic E-state index is 10.5. The molecule has 0 aliphatic carbocycles. The standard InChI is InChI=1S/C11H14N4O2/c16-15(17)11-2-1-10(5-13-11)14-6-8-3-12-4-9(8)7-14/h1-2,5,8-9,12H,3-4,6-7H2/t8-,9+. The molecule has 6 nitrogen and oxygen atoms in total. The fourth-order valence-electron chi connectivity index (χ4n) is 2.74. The van der Waals surface area contributed by atoms with Crippen molar-refractivity contribution in [2.75, 3.05) is 31.1 Å². The highest BCUT2D eigenvalue weighted by atomic mass is 16.6. The summed E-state index contributed by atoms with van der Waals surface area (Å²) in [7, 11) is 0. The summed E-state index contributed by atoms with van der Waals surface area (Å²) < 4.78 is 0. The molecule has 0 aromatic carbocycles. The smallest absolute Gasteiger partial charge is 0.363 e. The van der Waals surface area contributed by atoms with E-state index >= 15 is 0 Å². The van der Waals surface area contributed by atoms with Crippen molar-refractivity contribution in [3.8, 4) is 0 Å². The summed E-state index contributed by atoms with van der Waals surface area (Å²) in [5, 5.41) is 13.9. The van der Waals surface area contributed by atoms with Gasteiger partial charge in [0.2, 0.25) is 0 Å². The molecule has 2 atom stereocenters. The number of fused-ring (bicyclic) bond motifs is 1. The number of hydrogen-bond acceptors (Lipinski definition) is 5. The summed E-state index contributed by atoms with van der Waals surface area (Å²) in [6.07, 6.45) is 1.60. The molecule has 1 aromatic heterocycles. The average molecular weight is 234 g/mol. The second-order valence-corrected chi connectivity index (χ2v) is 4.72. The van der Waals surface area contributed by atoms with Crippen molar-refractivity contribution in [2.45, 2.75) is 0 Å². The van der Waals surface area contributed by atoms with E-state index in [0.717, 1.165) is 31.9 Å². The van der Waals surface area contributed by atoms with Crippen LogP contribution in [-0.4, -0.2) is 36.1 Å². The van der Waals surface area contributed by atoms with Crippen LogP contribution in [0.3, 0.4) is 0 Å². The lowest BCUT2D eigenvalue weighted by atomic mass is 10.0. The number of aromatic nitrogens is 1. The van der Waals surface area contributed by atoms with Gasteiger partial charge in [-0.25, -0.2) is 0 Å². The largest absolute Gasteiger partial charge is 0.368 e. The van der Waals surface area contributed by atoms with Crippen LogP contribution in [0.4, 0.5) is 11.5 Å². The lowest BCUT2D eigenvalue weighted by Crippen LogP contribution is -2.25. The van der Waals surface area contributed by atoms with Crippen molar-refractivity contribution in [3.63, 3.8) is 0 Å². The molecule has 6 heteroatoms. The minimum atomic E-state index is -0.466. The van der Waals surface area contributed by atoms with Crippen molar-refractivity contribution in [1.82, 2.24) is 10.3 Å². The Morgan fingerprint density at radius 1 is 1.35 bits per heavy atom. The zero-order valence-corrected chi connectivity index (χ0v) is 9.37. The van der Waals surface area contributed by atoms with Crippen LogP contribution in [0.15, 0.2) is 18.3 Å². The molecule has 3 heterocycles. The van der Waals surface area contributed by atoms with Crippen molar-refractivity contribution in [1.29, 1.82) is 0 Å². The topological polar surface area (TPSA) is 71.3 Å². The molecule has 2 aliphatic heterocycles. The molecule has 2 aliphatic rings. The predicted octanol–water partition coefficient (Wildman–Crippen LogP) is 0.645. The molecule has 3 rings (SSSR count). The van der Waals surface area contributed by atoms with E-state index in [1.165, 1.54) is 6.07 Å². The number of pyridine rings is 1. The second kappa shape index (κ2) is 3.96. The molecule has 0 saturated carbocycles. The highest BCUT2D eigenvalue weighted by Crippen LogP contribution is 2.30. The minimum absolute atomic E-state index is 0.0881. The SMILES string of the molecule is O=[N+]([O-])c1ccc(N2C[C@H]3CNC[C@H]3C2)cn1. The second-order valence-electron chi connectivity index (χ2n) is 4.72. The lowest BCUT2D eigenvalue weighted by Gasteiger charge is -2.17. The van der Waals surface area contributed by atoms with Gasteiger partial charge < -0.3 is 20.3 Å². The van der Waals surface area contributed by atoms with E-state index < -0.39 is 4.92 Å². The molecule has 1 aromatic rings. The van der Waals surface area contributed by atoms with Crippen LogP contribution in [0.25, 0.3) is 0 Å². The van der Waals surface area contributed by atoms with Crippen LogP contribution in [0.5, 0.6) is 0 Å². The molecule has 0 radical (unpaired) electrons. The van der Waals surface area contributed by atoms with E-state index in [2.05, 4.69) is 15.2 Å². The first-order valence-corrected chi connectivity index (χ1v) is 5.80. The van der Waals surface area contributed by atoms with Gasteiger partial charge in [-0.1, -0.05) is 0 Å². The Balaban J connectivity index is 1.75. The van der Waals surface area contributed by atoms with E-state index in [4.69, 9.17) is 0 Å². The van der Waals surface area contributed by atoms with Crippen molar-refractivity contribution in [2.24, 2.45) is 11.8 Å². The van der Waals surface area contributed by atoms with Crippen molar-refractivity contribution >= 4 is 11.5 Å². The molecule has 17 heavy (non-hydrogen) atoms. The van der Waals surface area contributed by atoms with Gasteiger partial charge in [0.1, 0.15) is 0 Å². The van der Waals surface area contributed by atoms with Crippen LogP contribution >= 0.6 is 0 Å². The van der Waals surface area contributed by atoms with Gasteiger partial charge in [0.15, 0.2) is 6.20 Å². The first kappa shape index (κ1) is 10.5. The molecule has 2 fully saturated rings. The zero-order chi connectivity index (χ0) is 11.8. The van der Waals surface area contributed by atoms with E-state index in [-0.39, 0.29) is 5.82 Å². The van der Waals surface area contributed by atoms with Crippen LogP contribution in [-0.2, 0) is 0 Å². The van der Waals surface area contributed by atoms with E-state index in [0.29, 0.717) is 11.8 Å². The number of anilines is 1. The van der Waals surface area contributed by atoms with Gasteiger partial charge in [-0.05, 0) is 27.8 Å². The van der Waals surface area contributed by atoms with Crippen LogP contribution in [0.1, 0.15) is 0 Å². The third kappa shape index (κ3) is 1.84. The Labute approximate surface area is 98.8 Å². The van der Waals surface area contributed by atoms with Gasteiger partial charge in [0, 0.05) is 32.2 Å². The molecule has 90 valence electrons. The van der Waals surface area contributed by atoms with Gasteiger partial charge in [0.05, 0.1) is 5.69 Å². The quantitative estimate of drug-likeness (QED) is 0.600. The predicted molar refractivity (Wildman–Crippen MR) is 63.0 cm³/mol. The molecule has 1 N–H and O–H groups in total. The number of nitro groups is 1. The molecule has 2 saturated heterocycles. The average Bonchev–Trinajstić information content (AvgIpc) is 2.89. The van der Waals surface area contributed by atoms with Gasteiger partial charge in [-0.15, -0.1) is 0 Å². The van der Waals surface area contributed by atoms with Crippen molar-refractivity contribution < 1.29 is 4.92 Å². The normalized spacial score (nSPS) is 27.2. The monoisotopic (exact) mass is 234 g/mol. The maximum absolute atomic E-state index is 10.5. The first-order valence-electron chi connectivity index (χ1n) is 5.80. The maximum Gasteiger partial charge on any atom is 0.363 e. The number of nitrogens with zero attached hydrogens (tertiary/aromatic N) is 3. The molecular formula is C11H14N4O2. The van der Waals surface area contributed by atoms with Crippen LogP contribution in [0, 0.1) is 22.0 Å². The van der Waals surface area contributed by atoms with E-state index in [1.54, 1.807) is 12.3 Å². The summed E-state index contributed by atoms with van der Waals surface area (Å²) >= 11 is 0. The van der Waals surface area contributed by atoms with Gasteiger partial charge in [0.25, 0.3) is 0 Å². The Morgan fingerprint density at radius 2 is 2.06 bits per heavy atom. The summed E-state index contributed by atoms with van der Waals surface area (Å²) in [5.74, 6) is 1.34. The Bertz CT molecular complexity index is 422. The zero-order valence-electron chi connectivity index (χ0n) is 9.37. The summed E-state index contributed by atoms with van der Waals surface area (Å²) in [6.45, 7) is 4.22. The fraction of sp³-hybridized carbons (Fsp3) is 0.545. The van der Waals surface area contributed by atoms with Crippen molar-refractivity contribution in [3.05, 3.63) is 28.4 Å². The Kier molecular flexibility index (Phi) is 2.44. The summed E-state index contributed by atoms with van der Waals surface area (Å²) in [4.78, 5) is 16.2. The van der Waals surface area contributed by atoms with E-state index in [1.807, 2.05) is 0 Å². The third-order valence-corrected chi connectivity index (χ3v) is 3.67. The third-order valence-electron chi connectivity index (χ3n) is 3.67. The molecule has 0 bridgehead atoms. The van der Waals surface area contributed by atoms with Gasteiger partial charge >= 0.3 is 5.82 Å². The molecule has 0 spiro atoms. The molecule has 0 amide bonds. The summed E-state index contributed by atoms with van der Waals surface area (Å²) in [5.41, 5.74) is 0.991. The van der Waals surface area contributed by atoms with Crippen LogP contribution < -0.4 is 10.2 Å². The van der Waals surface area contributed by atoms with Gasteiger partial charge in [-0.3, -0.25) is 0 Å². The Morgan fingerprint density at radius 3 is 2.59 bits per heavy atom. The number of rotatable bonds is 2. The molecule has 0 unspecified atom stereocenters. The van der Waals surface area contributed by atoms with Crippen LogP contribution in [0.2, 0.25) is 0 Å². The fourth-order valence-corrected chi connectivity index (χ4v) is 2.74. The summed E-state index contributed by atoms with van der Waals surface area (Å²) in [6, 6.07) is 3.27. The molecular weight excluding hydrogens is 220 g/mol. The highest BCUT2D eigenvalue weighted by Gasteiger charge is 2.36.